The zero-order valence-corrected chi connectivity index (χ0v) is 11.5. The van der Waals surface area contributed by atoms with Crippen LogP contribution in [0.5, 0.6) is 11.5 Å². The van der Waals surface area contributed by atoms with Crippen LogP contribution in [0.2, 0.25) is 0 Å². The van der Waals surface area contributed by atoms with Gasteiger partial charge in [0.05, 0.1) is 14.2 Å². The lowest BCUT2D eigenvalue weighted by Crippen LogP contribution is -2.18. The fourth-order valence-corrected chi connectivity index (χ4v) is 2.24. The Bertz CT molecular complexity index is 585. The molecule has 0 unspecified atom stereocenters. The van der Waals surface area contributed by atoms with E-state index in [0.717, 1.165) is 35.7 Å². The molecule has 102 valence electrons. The van der Waals surface area contributed by atoms with Gasteiger partial charge in [0.1, 0.15) is 29.2 Å². The summed E-state index contributed by atoms with van der Waals surface area (Å²) in [6, 6.07) is 9.56. The minimum Gasteiger partial charge on any atom is -0.497 e. The van der Waals surface area contributed by atoms with Gasteiger partial charge in [-0.15, -0.1) is 0 Å². The molecule has 1 saturated heterocycles. The molecule has 0 amide bonds. The van der Waals surface area contributed by atoms with E-state index >= 15 is 0 Å². The lowest BCUT2D eigenvalue weighted by atomic mass is 10.1. The maximum atomic E-state index is 8.92. The van der Waals surface area contributed by atoms with Gasteiger partial charge in [-0.2, -0.15) is 10.5 Å². The summed E-state index contributed by atoms with van der Waals surface area (Å²) in [4.78, 5) is 2.11. The lowest BCUT2D eigenvalue weighted by molar-refractivity contribution is 0.394. The third-order valence-electron chi connectivity index (χ3n) is 3.34. The van der Waals surface area contributed by atoms with Crippen LogP contribution in [0.15, 0.2) is 29.3 Å². The Kier molecular flexibility index (Phi) is 4.12. The number of methoxy groups -OCH3 is 2. The smallest absolute Gasteiger partial charge is 0.130 e. The van der Waals surface area contributed by atoms with Crippen molar-refractivity contribution < 1.29 is 9.47 Å². The minimum atomic E-state index is 0.224. The number of hydrogen-bond acceptors (Lipinski definition) is 5. The second-order valence-corrected chi connectivity index (χ2v) is 4.44. The van der Waals surface area contributed by atoms with Crippen molar-refractivity contribution in [3.63, 3.8) is 0 Å². The van der Waals surface area contributed by atoms with Crippen molar-refractivity contribution >= 4 is 5.69 Å². The van der Waals surface area contributed by atoms with Crippen molar-refractivity contribution in [2.45, 2.75) is 6.42 Å². The number of nitriles is 2. The van der Waals surface area contributed by atoms with Crippen LogP contribution in [0.25, 0.3) is 0 Å². The predicted octanol–water partition coefficient (Wildman–Crippen LogP) is 2.26. The van der Waals surface area contributed by atoms with Crippen LogP contribution in [-0.2, 0) is 0 Å². The van der Waals surface area contributed by atoms with E-state index in [-0.39, 0.29) is 5.57 Å². The highest BCUT2D eigenvalue weighted by Crippen LogP contribution is 2.32. The van der Waals surface area contributed by atoms with E-state index in [1.165, 1.54) is 0 Å². The summed E-state index contributed by atoms with van der Waals surface area (Å²) < 4.78 is 10.5. The van der Waals surface area contributed by atoms with Gasteiger partial charge in [-0.1, -0.05) is 0 Å². The number of anilines is 1. The third kappa shape index (κ3) is 2.67. The number of ether oxygens (including phenoxy) is 2. The average molecular weight is 269 g/mol. The number of benzene rings is 1. The van der Waals surface area contributed by atoms with Crippen molar-refractivity contribution in [3.05, 3.63) is 29.3 Å². The van der Waals surface area contributed by atoms with Crippen LogP contribution in [0.4, 0.5) is 5.69 Å². The fraction of sp³-hybridized carbons (Fsp3) is 0.333. The highest BCUT2D eigenvalue weighted by molar-refractivity contribution is 5.58. The SMILES string of the molecule is COc1cc(OC)cc(N2CCC(=C(C#N)C#N)C2)c1. The van der Waals surface area contributed by atoms with Gasteiger partial charge in [-0.25, -0.2) is 0 Å². The van der Waals surface area contributed by atoms with Gasteiger partial charge in [0, 0.05) is 37.0 Å². The van der Waals surface area contributed by atoms with Gasteiger partial charge < -0.3 is 14.4 Å². The molecule has 0 aliphatic carbocycles. The van der Waals surface area contributed by atoms with Crippen molar-refractivity contribution in [1.29, 1.82) is 10.5 Å². The summed E-state index contributed by atoms with van der Waals surface area (Å²) in [5.41, 5.74) is 2.07. The zero-order chi connectivity index (χ0) is 14.5. The van der Waals surface area contributed by atoms with E-state index in [1.54, 1.807) is 14.2 Å². The predicted molar refractivity (Wildman–Crippen MR) is 74.6 cm³/mol. The minimum absolute atomic E-state index is 0.224. The van der Waals surface area contributed by atoms with E-state index in [0.29, 0.717) is 6.54 Å². The van der Waals surface area contributed by atoms with E-state index in [4.69, 9.17) is 20.0 Å². The van der Waals surface area contributed by atoms with E-state index < -0.39 is 0 Å². The van der Waals surface area contributed by atoms with Crippen molar-refractivity contribution in [2.75, 3.05) is 32.2 Å². The van der Waals surface area contributed by atoms with Crippen molar-refractivity contribution in [2.24, 2.45) is 0 Å². The first-order chi connectivity index (χ1) is 9.71. The number of nitrogens with zero attached hydrogens (tertiary/aromatic N) is 3. The molecule has 0 bridgehead atoms. The molecule has 1 heterocycles. The number of hydrogen-bond donors (Lipinski definition) is 0. The highest BCUT2D eigenvalue weighted by Gasteiger charge is 2.21. The molecule has 0 spiro atoms. The Morgan fingerprint density at radius 2 is 1.70 bits per heavy atom. The average Bonchev–Trinajstić information content (AvgIpc) is 2.97. The normalized spacial score (nSPS) is 13.6. The van der Waals surface area contributed by atoms with E-state index in [9.17, 15) is 0 Å². The lowest BCUT2D eigenvalue weighted by Gasteiger charge is -2.19. The molecule has 0 N–H and O–H groups in total. The highest BCUT2D eigenvalue weighted by atomic mass is 16.5. The molecular weight excluding hydrogens is 254 g/mol. The molecule has 5 nitrogen and oxygen atoms in total. The summed E-state index contributed by atoms with van der Waals surface area (Å²) in [6.07, 6.45) is 0.732. The summed E-state index contributed by atoms with van der Waals surface area (Å²) in [6.45, 7) is 1.37. The van der Waals surface area contributed by atoms with Crippen LogP contribution in [0.1, 0.15) is 6.42 Å². The van der Waals surface area contributed by atoms with Crippen LogP contribution in [0.3, 0.4) is 0 Å². The summed E-state index contributed by atoms with van der Waals surface area (Å²) in [7, 11) is 3.22. The first-order valence-electron chi connectivity index (χ1n) is 6.22. The second-order valence-electron chi connectivity index (χ2n) is 4.44. The first kappa shape index (κ1) is 13.8. The molecule has 0 aromatic heterocycles. The van der Waals surface area contributed by atoms with E-state index in [1.807, 2.05) is 30.3 Å². The Labute approximate surface area is 118 Å². The molecule has 0 radical (unpaired) electrons. The topological polar surface area (TPSA) is 69.3 Å². The molecule has 2 rings (SSSR count). The summed E-state index contributed by atoms with van der Waals surface area (Å²) >= 11 is 0. The molecule has 1 aliphatic heterocycles. The van der Waals surface area contributed by atoms with Gasteiger partial charge in [0.25, 0.3) is 0 Å². The Morgan fingerprint density at radius 1 is 1.10 bits per heavy atom. The molecule has 0 atom stereocenters. The largest absolute Gasteiger partial charge is 0.497 e. The summed E-state index contributed by atoms with van der Waals surface area (Å²) in [5, 5.41) is 17.8. The van der Waals surface area contributed by atoms with Gasteiger partial charge in [0.15, 0.2) is 0 Å². The quantitative estimate of drug-likeness (QED) is 0.787. The standard InChI is InChI=1S/C15H15N3O2/c1-19-14-5-13(6-15(7-14)20-2)18-4-3-11(10-18)12(8-16)9-17/h5-7H,3-4,10H2,1-2H3. The van der Waals surface area contributed by atoms with Crippen LogP contribution >= 0.6 is 0 Å². The van der Waals surface area contributed by atoms with E-state index in [2.05, 4.69) is 4.90 Å². The van der Waals surface area contributed by atoms with Gasteiger partial charge in [0.2, 0.25) is 0 Å². The molecule has 1 aromatic rings. The van der Waals surface area contributed by atoms with Gasteiger partial charge in [-0.05, 0) is 12.0 Å². The summed E-state index contributed by atoms with van der Waals surface area (Å²) in [5.74, 6) is 1.44. The molecule has 5 heteroatoms. The molecule has 0 saturated carbocycles. The molecule has 20 heavy (non-hydrogen) atoms. The maximum Gasteiger partial charge on any atom is 0.130 e. The monoisotopic (exact) mass is 269 g/mol. The molecule has 1 aromatic carbocycles. The van der Waals surface area contributed by atoms with Crippen LogP contribution in [-0.4, -0.2) is 27.3 Å². The maximum absolute atomic E-state index is 8.92. The van der Waals surface area contributed by atoms with Crippen molar-refractivity contribution in [3.8, 4) is 23.6 Å². The molecule has 1 aliphatic rings. The zero-order valence-electron chi connectivity index (χ0n) is 11.5. The Balaban J connectivity index is 2.29. The van der Waals surface area contributed by atoms with Crippen LogP contribution < -0.4 is 14.4 Å². The van der Waals surface area contributed by atoms with Crippen LogP contribution in [0, 0.1) is 22.7 Å². The Hall–Kier alpha value is -2.66. The molecular formula is C15H15N3O2. The molecule has 1 fully saturated rings. The van der Waals surface area contributed by atoms with Gasteiger partial charge in [-0.3, -0.25) is 0 Å². The fourth-order valence-electron chi connectivity index (χ4n) is 2.24. The second kappa shape index (κ2) is 5.99. The number of allylic oxidation sites excluding steroid dienone is 1. The first-order valence-corrected chi connectivity index (χ1v) is 6.22. The Morgan fingerprint density at radius 3 is 2.20 bits per heavy atom. The number of rotatable bonds is 3. The third-order valence-corrected chi connectivity index (χ3v) is 3.34. The van der Waals surface area contributed by atoms with Gasteiger partial charge >= 0.3 is 0 Å². The van der Waals surface area contributed by atoms with Crippen molar-refractivity contribution in [1.82, 2.24) is 0 Å².